The molecule has 0 radical (unpaired) electrons. The molecule has 0 spiro atoms. The average molecular weight is 341 g/mol. The van der Waals surface area contributed by atoms with E-state index in [1.165, 1.54) is 16.8 Å². The number of rotatable bonds is 6. The molecule has 0 bridgehead atoms. The van der Waals surface area contributed by atoms with Crippen molar-refractivity contribution in [3.8, 4) is 0 Å². The van der Waals surface area contributed by atoms with Crippen LogP contribution in [0.4, 0.5) is 5.69 Å². The number of para-hydroxylation sites is 1. The summed E-state index contributed by atoms with van der Waals surface area (Å²) in [7, 11) is 1.97. The van der Waals surface area contributed by atoms with Gasteiger partial charge in [0.15, 0.2) is 0 Å². The molecular weight excluding hydrogens is 314 g/mol. The van der Waals surface area contributed by atoms with Crippen LogP contribution in [0.15, 0.2) is 24.3 Å². The zero-order valence-electron chi connectivity index (χ0n) is 15.2. The predicted octanol–water partition coefficient (Wildman–Crippen LogP) is 2.10. The average Bonchev–Trinajstić information content (AvgIpc) is 3.13. The van der Waals surface area contributed by atoms with Gasteiger partial charge in [-0.1, -0.05) is 18.2 Å². The molecule has 3 N–H and O–H groups in total. The lowest BCUT2D eigenvalue weighted by atomic mass is 10.1. The SMILES string of the molecule is Cc1nn(C)c(C)c1CNc1ccccc1CN1CCC[C@H]1C(N)=O. The first-order valence-corrected chi connectivity index (χ1v) is 8.81. The number of amides is 1. The number of anilines is 1. The van der Waals surface area contributed by atoms with Gasteiger partial charge >= 0.3 is 0 Å². The third-order valence-corrected chi connectivity index (χ3v) is 5.20. The third kappa shape index (κ3) is 3.69. The Bertz CT molecular complexity index is 767. The lowest BCUT2D eigenvalue weighted by molar-refractivity contribution is -0.122. The maximum Gasteiger partial charge on any atom is 0.234 e. The Morgan fingerprint density at radius 3 is 2.80 bits per heavy atom. The van der Waals surface area contributed by atoms with Gasteiger partial charge in [-0.3, -0.25) is 14.4 Å². The molecule has 1 amide bonds. The molecule has 0 saturated carbocycles. The zero-order valence-corrected chi connectivity index (χ0v) is 15.2. The summed E-state index contributed by atoms with van der Waals surface area (Å²) >= 11 is 0. The standard InChI is InChI=1S/C19H27N5O/c1-13-16(14(2)23(3)22-13)11-21-17-8-5-4-7-15(17)12-24-10-6-9-18(24)19(20)25/h4-5,7-8,18,21H,6,9-12H2,1-3H3,(H2,20,25)/t18-/m0/s1. The molecule has 134 valence electrons. The van der Waals surface area contributed by atoms with Crippen molar-refractivity contribution in [1.29, 1.82) is 0 Å². The molecule has 2 heterocycles. The van der Waals surface area contributed by atoms with Gasteiger partial charge in [-0.15, -0.1) is 0 Å². The van der Waals surface area contributed by atoms with Crippen molar-refractivity contribution in [2.75, 3.05) is 11.9 Å². The van der Waals surface area contributed by atoms with Crippen molar-refractivity contribution in [3.05, 3.63) is 46.8 Å². The molecule has 0 aliphatic carbocycles. The third-order valence-electron chi connectivity index (χ3n) is 5.20. The first-order chi connectivity index (χ1) is 12.0. The molecule has 3 rings (SSSR count). The zero-order chi connectivity index (χ0) is 18.0. The molecule has 0 unspecified atom stereocenters. The number of aryl methyl sites for hydroxylation is 2. The smallest absolute Gasteiger partial charge is 0.234 e. The largest absolute Gasteiger partial charge is 0.381 e. The van der Waals surface area contributed by atoms with E-state index in [1.54, 1.807) is 0 Å². The second-order valence-corrected chi connectivity index (χ2v) is 6.81. The topological polar surface area (TPSA) is 76.2 Å². The maximum absolute atomic E-state index is 11.6. The minimum absolute atomic E-state index is 0.143. The monoisotopic (exact) mass is 341 g/mol. The summed E-state index contributed by atoms with van der Waals surface area (Å²) in [6, 6.07) is 8.13. The van der Waals surface area contributed by atoms with Gasteiger partial charge in [-0.2, -0.15) is 5.10 Å². The number of benzene rings is 1. The van der Waals surface area contributed by atoms with Crippen molar-refractivity contribution in [2.24, 2.45) is 12.8 Å². The fraction of sp³-hybridized carbons (Fsp3) is 0.474. The Labute approximate surface area is 149 Å². The van der Waals surface area contributed by atoms with Crippen LogP contribution in [0.3, 0.4) is 0 Å². The van der Waals surface area contributed by atoms with E-state index in [4.69, 9.17) is 5.73 Å². The number of primary amides is 1. The molecule has 1 aliphatic heterocycles. The second-order valence-electron chi connectivity index (χ2n) is 6.81. The van der Waals surface area contributed by atoms with E-state index < -0.39 is 0 Å². The first-order valence-electron chi connectivity index (χ1n) is 8.81. The van der Waals surface area contributed by atoms with E-state index >= 15 is 0 Å². The van der Waals surface area contributed by atoms with Crippen molar-refractivity contribution in [2.45, 2.75) is 45.8 Å². The number of carbonyl (C=O) groups excluding carboxylic acids is 1. The summed E-state index contributed by atoms with van der Waals surface area (Å²) in [6.45, 7) is 6.52. The van der Waals surface area contributed by atoms with E-state index in [0.717, 1.165) is 43.9 Å². The minimum Gasteiger partial charge on any atom is -0.381 e. The second kappa shape index (κ2) is 7.27. The maximum atomic E-state index is 11.6. The lowest BCUT2D eigenvalue weighted by Gasteiger charge is -2.23. The molecule has 1 aliphatic rings. The number of hydrogen-bond acceptors (Lipinski definition) is 4. The van der Waals surface area contributed by atoms with E-state index in [0.29, 0.717) is 0 Å². The highest BCUT2D eigenvalue weighted by molar-refractivity contribution is 5.80. The Morgan fingerprint density at radius 1 is 1.36 bits per heavy atom. The van der Waals surface area contributed by atoms with Crippen molar-refractivity contribution >= 4 is 11.6 Å². The summed E-state index contributed by atoms with van der Waals surface area (Å²) in [5.74, 6) is -0.218. The molecule has 1 saturated heterocycles. The summed E-state index contributed by atoms with van der Waals surface area (Å²) in [5.41, 5.74) is 11.3. The van der Waals surface area contributed by atoms with Crippen molar-refractivity contribution in [1.82, 2.24) is 14.7 Å². The van der Waals surface area contributed by atoms with Gasteiger partial charge in [0.25, 0.3) is 0 Å². The molecule has 25 heavy (non-hydrogen) atoms. The van der Waals surface area contributed by atoms with Crippen molar-refractivity contribution in [3.63, 3.8) is 0 Å². The number of nitrogens with zero attached hydrogens (tertiary/aromatic N) is 3. The number of nitrogens with one attached hydrogen (secondary N) is 1. The molecule has 1 fully saturated rings. The molecule has 1 atom stereocenters. The van der Waals surface area contributed by atoms with Gasteiger partial charge in [0.2, 0.25) is 5.91 Å². The number of nitrogens with two attached hydrogens (primary N) is 1. The highest BCUT2D eigenvalue weighted by Gasteiger charge is 2.29. The summed E-state index contributed by atoms with van der Waals surface area (Å²) in [6.07, 6.45) is 1.89. The van der Waals surface area contributed by atoms with Gasteiger partial charge in [-0.05, 0) is 44.9 Å². The molecule has 6 nitrogen and oxygen atoms in total. The Kier molecular flexibility index (Phi) is 5.08. The Balaban J connectivity index is 1.74. The normalized spacial score (nSPS) is 17.8. The minimum atomic E-state index is -0.218. The predicted molar refractivity (Wildman–Crippen MR) is 99.1 cm³/mol. The van der Waals surface area contributed by atoms with E-state index in [9.17, 15) is 4.79 Å². The van der Waals surface area contributed by atoms with Gasteiger partial charge < -0.3 is 11.1 Å². The van der Waals surface area contributed by atoms with Crippen LogP contribution < -0.4 is 11.1 Å². The number of likely N-dealkylation sites (tertiary alicyclic amines) is 1. The van der Waals surface area contributed by atoms with Gasteiger partial charge in [0.05, 0.1) is 11.7 Å². The van der Waals surface area contributed by atoms with Crippen LogP contribution in [0.1, 0.15) is 35.4 Å². The fourth-order valence-electron chi connectivity index (χ4n) is 3.64. The first kappa shape index (κ1) is 17.5. The van der Waals surface area contributed by atoms with Crippen LogP contribution in [-0.2, 0) is 24.9 Å². The summed E-state index contributed by atoms with van der Waals surface area (Å²) in [5, 5.41) is 8.02. The van der Waals surface area contributed by atoms with Crippen LogP contribution in [0.2, 0.25) is 0 Å². The number of carbonyl (C=O) groups is 1. The lowest BCUT2D eigenvalue weighted by Crippen LogP contribution is -2.39. The van der Waals surface area contributed by atoms with Crippen LogP contribution in [0, 0.1) is 13.8 Å². The fourth-order valence-corrected chi connectivity index (χ4v) is 3.64. The quantitative estimate of drug-likeness (QED) is 0.844. The van der Waals surface area contributed by atoms with E-state index in [1.807, 2.05) is 30.8 Å². The Morgan fingerprint density at radius 2 is 2.12 bits per heavy atom. The summed E-state index contributed by atoms with van der Waals surface area (Å²) in [4.78, 5) is 13.8. The number of aromatic nitrogens is 2. The van der Waals surface area contributed by atoms with Crippen LogP contribution in [0.5, 0.6) is 0 Å². The van der Waals surface area contributed by atoms with Crippen LogP contribution in [0.25, 0.3) is 0 Å². The summed E-state index contributed by atoms with van der Waals surface area (Å²) < 4.78 is 1.92. The van der Waals surface area contributed by atoms with Gasteiger partial charge in [0, 0.05) is 37.1 Å². The van der Waals surface area contributed by atoms with Crippen molar-refractivity contribution < 1.29 is 4.79 Å². The van der Waals surface area contributed by atoms with E-state index in [2.05, 4.69) is 34.4 Å². The highest BCUT2D eigenvalue weighted by atomic mass is 16.1. The Hall–Kier alpha value is -2.34. The van der Waals surface area contributed by atoms with Crippen LogP contribution >= 0.6 is 0 Å². The molecule has 6 heteroatoms. The number of hydrogen-bond donors (Lipinski definition) is 2. The van der Waals surface area contributed by atoms with Gasteiger partial charge in [-0.25, -0.2) is 0 Å². The van der Waals surface area contributed by atoms with Gasteiger partial charge in [0.1, 0.15) is 0 Å². The molecular formula is C19H27N5O. The molecule has 2 aromatic rings. The molecule has 1 aromatic heterocycles. The highest BCUT2D eigenvalue weighted by Crippen LogP contribution is 2.24. The van der Waals surface area contributed by atoms with E-state index in [-0.39, 0.29) is 11.9 Å². The molecule has 1 aromatic carbocycles. The van der Waals surface area contributed by atoms with Crippen LogP contribution in [-0.4, -0.2) is 33.2 Å².